The smallest absolute Gasteiger partial charge is 0.246 e. The Labute approximate surface area is 215 Å². The Morgan fingerprint density at radius 1 is 1.14 bits per heavy atom. The molecule has 0 aliphatic heterocycles. The molecule has 1 saturated carbocycles. The molecule has 0 aromatic heterocycles. The fourth-order valence-corrected chi connectivity index (χ4v) is 4.74. The van der Waals surface area contributed by atoms with Crippen molar-refractivity contribution < 1.29 is 14.3 Å². The zero-order valence-electron chi connectivity index (χ0n) is 22.2. The van der Waals surface area contributed by atoms with E-state index < -0.39 is 17.5 Å². The number of amides is 2. The number of hydrogen-bond acceptors (Lipinski definition) is 4. The Kier molecular flexibility index (Phi) is 8.15. The van der Waals surface area contributed by atoms with E-state index in [-0.39, 0.29) is 35.9 Å². The van der Waals surface area contributed by atoms with E-state index >= 15 is 0 Å². The van der Waals surface area contributed by atoms with Crippen LogP contribution in [0.2, 0.25) is 0 Å². The van der Waals surface area contributed by atoms with E-state index in [4.69, 9.17) is 16.9 Å². The number of nitrogens with zero attached hydrogens (tertiary/aromatic N) is 1. The minimum absolute atomic E-state index is 0.0917. The first-order valence-corrected chi connectivity index (χ1v) is 12.5. The molecule has 4 atom stereocenters. The first kappa shape index (κ1) is 27.3. The molecular formula is C30H39N3O3. The van der Waals surface area contributed by atoms with Crippen LogP contribution in [0.25, 0.3) is 0 Å². The van der Waals surface area contributed by atoms with Crippen molar-refractivity contribution in [2.45, 2.75) is 77.1 Å². The van der Waals surface area contributed by atoms with Gasteiger partial charge >= 0.3 is 0 Å². The van der Waals surface area contributed by atoms with Gasteiger partial charge in [0.25, 0.3) is 0 Å². The Hall–Kier alpha value is -3.30. The van der Waals surface area contributed by atoms with Crippen molar-refractivity contribution >= 4 is 11.8 Å². The molecule has 0 bridgehead atoms. The number of nitrogens with one attached hydrogen (secondary N) is 1. The lowest BCUT2D eigenvalue weighted by molar-refractivity contribution is -0.137. The zero-order chi connectivity index (χ0) is 26.7. The van der Waals surface area contributed by atoms with E-state index in [2.05, 4.69) is 11.2 Å². The van der Waals surface area contributed by atoms with Crippen molar-refractivity contribution in [3.8, 4) is 18.1 Å². The monoisotopic (exact) mass is 489 g/mol. The molecule has 1 fully saturated rings. The molecule has 1 aliphatic carbocycles. The predicted octanol–water partition coefficient (Wildman–Crippen LogP) is 3.89. The van der Waals surface area contributed by atoms with Gasteiger partial charge in [0.05, 0.1) is 12.5 Å². The number of carbonyl (C=O) groups is 2. The van der Waals surface area contributed by atoms with Crippen LogP contribution in [-0.2, 0) is 16.0 Å². The largest absolute Gasteiger partial charge is 0.488 e. The fourth-order valence-electron chi connectivity index (χ4n) is 4.74. The van der Waals surface area contributed by atoms with Crippen LogP contribution in [0.5, 0.6) is 5.75 Å². The van der Waals surface area contributed by atoms with Crippen LogP contribution in [0.1, 0.15) is 58.6 Å². The summed E-state index contributed by atoms with van der Waals surface area (Å²) in [6.45, 7) is 11.9. The van der Waals surface area contributed by atoms with E-state index in [1.54, 1.807) is 4.90 Å². The molecular weight excluding hydrogens is 450 g/mol. The lowest BCUT2D eigenvalue weighted by Crippen LogP contribution is -2.52. The molecule has 0 heterocycles. The van der Waals surface area contributed by atoms with Crippen molar-refractivity contribution in [3.63, 3.8) is 0 Å². The van der Waals surface area contributed by atoms with Crippen molar-refractivity contribution in [1.82, 2.24) is 10.2 Å². The zero-order valence-corrected chi connectivity index (χ0v) is 22.2. The van der Waals surface area contributed by atoms with Crippen LogP contribution in [0.3, 0.4) is 0 Å². The third-order valence-electron chi connectivity index (χ3n) is 6.58. The maximum absolute atomic E-state index is 13.5. The number of hydrogen-bond donors (Lipinski definition) is 2. The van der Waals surface area contributed by atoms with Gasteiger partial charge in [-0.15, -0.1) is 6.42 Å². The van der Waals surface area contributed by atoms with Crippen molar-refractivity contribution in [1.29, 1.82) is 0 Å². The van der Waals surface area contributed by atoms with Crippen LogP contribution >= 0.6 is 0 Å². The van der Waals surface area contributed by atoms with Gasteiger partial charge in [0.2, 0.25) is 11.8 Å². The quantitative estimate of drug-likeness (QED) is 0.524. The second kappa shape index (κ2) is 10.8. The molecule has 6 nitrogen and oxygen atoms in total. The second-order valence-electron chi connectivity index (χ2n) is 11.1. The second-order valence-corrected chi connectivity index (χ2v) is 11.1. The van der Waals surface area contributed by atoms with Crippen molar-refractivity contribution in [3.05, 3.63) is 65.7 Å². The first-order valence-electron chi connectivity index (χ1n) is 12.5. The summed E-state index contributed by atoms with van der Waals surface area (Å²) in [5, 5.41) is 3.02. The summed E-state index contributed by atoms with van der Waals surface area (Å²) in [4.78, 5) is 28.6. The molecule has 0 spiro atoms. The topological polar surface area (TPSA) is 84.7 Å². The number of benzene rings is 2. The minimum atomic E-state index is -0.740. The summed E-state index contributed by atoms with van der Waals surface area (Å²) >= 11 is 0. The van der Waals surface area contributed by atoms with Gasteiger partial charge in [0.15, 0.2) is 0 Å². The van der Waals surface area contributed by atoms with Gasteiger partial charge in [0, 0.05) is 23.9 Å². The maximum atomic E-state index is 13.5. The van der Waals surface area contributed by atoms with Crippen LogP contribution in [-0.4, -0.2) is 46.5 Å². The molecule has 3 rings (SSSR count). The summed E-state index contributed by atoms with van der Waals surface area (Å²) in [5.74, 6) is 2.31. The molecule has 3 N–H and O–H groups in total. The van der Waals surface area contributed by atoms with E-state index in [0.717, 1.165) is 16.9 Å². The highest BCUT2D eigenvalue weighted by atomic mass is 16.5. The Morgan fingerprint density at radius 2 is 1.75 bits per heavy atom. The van der Waals surface area contributed by atoms with E-state index in [1.165, 1.54) is 0 Å². The third-order valence-corrected chi connectivity index (χ3v) is 6.58. The van der Waals surface area contributed by atoms with Crippen LogP contribution in [0.4, 0.5) is 0 Å². The summed E-state index contributed by atoms with van der Waals surface area (Å²) < 4.78 is 5.91. The SMILES string of the molecule is C#CCN(C(=O)[C@H](Cc1ccccc1)NC(=O)[C@@H]1C(c2ccc(OC(C)(C)C)cc2)C1(C)N)C(C)C. The average Bonchev–Trinajstić information content (AvgIpc) is 3.38. The van der Waals surface area contributed by atoms with E-state index in [1.807, 2.05) is 96.1 Å². The van der Waals surface area contributed by atoms with E-state index in [0.29, 0.717) is 6.42 Å². The summed E-state index contributed by atoms with van der Waals surface area (Å²) in [6, 6.07) is 16.6. The predicted molar refractivity (Wildman–Crippen MR) is 143 cm³/mol. The third kappa shape index (κ3) is 6.47. The first-order chi connectivity index (χ1) is 16.8. The van der Waals surface area contributed by atoms with Gasteiger partial charge in [0.1, 0.15) is 17.4 Å². The molecule has 1 aliphatic rings. The molecule has 2 unspecified atom stereocenters. The van der Waals surface area contributed by atoms with Crippen molar-refractivity contribution in [2.75, 3.05) is 6.54 Å². The molecule has 192 valence electrons. The molecule has 36 heavy (non-hydrogen) atoms. The standard InChI is InChI=1S/C30H39N3O3/c1-8-18-33(20(2)3)28(35)24(19-21-12-10-9-11-13-21)32-27(34)26-25(30(26,7)31)22-14-16-23(17-15-22)36-29(4,5)6/h1,9-17,20,24-26H,18-19,31H2,2-7H3,(H,32,34)/t24-,25?,26-,30?/m0/s1. The Bertz CT molecular complexity index is 1090. The highest BCUT2D eigenvalue weighted by molar-refractivity contribution is 5.92. The fraction of sp³-hybridized carbons (Fsp3) is 0.467. The number of nitrogens with two attached hydrogens (primary N) is 1. The molecule has 6 heteroatoms. The number of terminal acetylenes is 1. The highest BCUT2D eigenvalue weighted by Gasteiger charge is 2.63. The van der Waals surface area contributed by atoms with E-state index in [9.17, 15) is 9.59 Å². The van der Waals surface area contributed by atoms with Crippen molar-refractivity contribution in [2.24, 2.45) is 11.7 Å². The lowest BCUT2D eigenvalue weighted by atomic mass is 10.0. The van der Waals surface area contributed by atoms with Crippen LogP contribution in [0.15, 0.2) is 54.6 Å². The molecule has 0 radical (unpaired) electrons. The molecule has 2 aromatic rings. The minimum Gasteiger partial charge on any atom is -0.488 e. The Balaban J connectivity index is 1.79. The average molecular weight is 490 g/mol. The summed E-state index contributed by atoms with van der Waals surface area (Å²) in [5.41, 5.74) is 7.49. The summed E-state index contributed by atoms with van der Waals surface area (Å²) in [6.07, 6.45) is 5.89. The maximum Gasteiger partial charge on any atom is 0.246 e. The Morgan fingerprint density at radius 3 is 2.28 bits per heavy atom. The number of ether oxygens (including phenoxy) is 1. The molecule has 0 saturated heterocycles. The number of carbonyl (C=O) groups excluding carboxylic acids is 2. The van der Waals surface area contributed by atoms with Gasteiger partial charge in [-0.3, -0.25) is 9.59 Å². The van der Waals surface area contributed by atoms with Gasteiger partial charge in [-0.1, -0.05) is 48.4 Å². The summed E-state index contributed by atoms with van der Waals surface area (Å²) in [7, 11) is 0. The molecule has 2 amide bonds. The van der Waals surface area contributed by atoms with Gasteiger partial charge < -0.3 is 20.7 Å². The molecule has 2 aromatic carbocycles. The van der Waals surface area contributed by atoms with Crippen LogP contribution < -0.4 is 15.8 Å². The van der Waals surface area contributed by atoms with Crippen LogP contribution in [0, 0.1) is 18.3 Å². The number of rotatable bonds is 9. The van der Waals surface area contributed by atoms with Gasteiger partial charge in [-0.2, -0.15) is 0 Å². The van der Waals surface area contributed by atoms with Gasteiger partial charge in [-0.25, -0.2) is 0 Å². The highest BCUT2D eigenvalue weighted by Crippen LogP contribution is 2.55. The van der Waals surface area contributed by atoms with Gasteiger partial charge in [-0.05, 0) is 64.8 Å². The normalized spacial score (nSPS) is 21.9. The lowest BCUT2D eigenvalue weighted by Gasteiger charge is -2.29.